The van der Waals surface area contributed by atoms with Gasteiger partial charge < -0.3 is 10.6 Å². The topological polar surface area (TPSA) is 29.3 Å². The zero-order chi connectivity index (χ0) is 12.4. The highest BCUT2D eigenvalue weighted by molar-refractivity contribution is 5.66. The summed E-state index contributed by atoms with van der Waals surface area (Å²) in [5.74, 6) is 0. The summed E-state index contributed by atoms with van der Waals surface area (Å²) in [6.07, 6.45) is 4.12. The highest BCUT2D eigenvalue weighted by Gasteiger charge is 2.02. The Bertz CT molecular complexity index is 295. The number of hydrogen-bond acceptors (Lipinski definition) is 2. The molecule has 1 aromatic rings. The van der Waals surface area contributed by atoms with Crippen LogP contribution >= 0.6 is 0 Å². The van der Waals surface area contributed by atoms with Crippen molar-refractivity contribution in [1.82, 2.24) is 0 Å². The van der Waals surface area contributed by atoms with Gasteiger partial charge in [0.15, 0.2) is 0 Å². The standard InChI is InChI=1S/C12H18N2.C2H6/c1-3-4-7-10-14(2)12-9-6-5-8-11(12)13;1-2/h3,5-6,8-9H,1,4,7,10,13H2,2H3;1-2H3. The lowest BCUT2D eigenvalue weighted by Crippen LogP contribution is -2.19. The molecule has 2 nitrogen and oxygen atoms in total. The molecule has 0 saturated heterocycles. The first-order chi connectivity index (χ1) is 7.75. The van der Waals surface area contributed by atoms with Gasteiger partial charge in [0.05, 0.1) is 11.4 Å². The van der Waals surface area contributed by atoms with Crippen LogP contribution in [0.2, 0.25) is 0 Å². The van der Waals surface area contributed by atoms with E-state index in [4.69, 9.17) is 5.73 Å². The van der Waals surface area contributed by atoms with E-state index in [0.29, 0.717) is 0 Å². The number of nitrogen functional groups attached to an aromatic ring is 1. The monoisotopic (exact) mass is 220 g/mol. The third-order valence-electron chi connectivity index (χ3n) is 2.25. The van der Waals surface area contributed by atoms with E-state index < -0.39 is 0 Å². The third-order valence-corrected chi connectivity index (χ3v) is 2.25. The molecule has 0 aliphatic rings. The Kier molecular flexibility index (Phi) is 8.04. The number of hydrogen-bond donors (Lipinski definition) is 1. The van der Waals surface area contributed by atoms with E-state index in [0.717, 1.165) is 30.8 Å². The lowest BCUT2D eigenvalue weighted by Gasteiger charge is -2.20. The van der Waals surface area contributed by atoms with Crippen molar-refractivity contribution >= 4 is 11.4 Å². The number of rotatable bonds is 5. The summed E-state index contributed by atoms with van der Waals surface area (Å²) < 4.78 is 0. The normalized spacial score (nSPS) is 8.94. The minimum Gasteiger partial charge on any atom is -0.397 e. The summed E-state index contributed by atoms with van der Waals surface area (Å²) in [4.78, 5) is 2.18. The van der Waals surface area contributed by atoms with Gasteiger partial charge in [-0.05, 0) is 25.0 Å². The SMILES string of the molecule is C=CCCCN(C)c1ccccc1N.CC. The van der Waals surface area contributed by atoms with Gasteiger partial charge in [0.1, 0.15) is 0 Å². The van der Waals surface area contributed by atoms with Gasteiger partial charge in [-0.1, -0.05) is 32.1 Å². The molecule has 2 N–H and O–H groups in total. The quantitative estimate of drug-likeness (QED) is 0.466. The van der Waals surface area contributed by atoms with Gasteiger partial charge >= 0.3 is 0 Å². The first kappa shape index (κ1) is 14.6. The van der Waals surface area contributed by atoms with Crippen LogP contribution in [0.3, 0.4) is 0 Å². The van der Waals surface area contributed by atoms with Crippen molar-refractivity contribution in [3.05, 3.63) is 36.9 Å². The summed E-state index contributed by atoms with van der Waals surface area (Å²) in [5, 5.41) is 0. The van der Waals surface area contributed by atoms with E-state index in [1.807, 2.05) is 44.2 Å². The van der Waals surface area contributed by atoms with Crippen LogP contribution in [0.25, 0.3) is 0 Å². The number of anilines is 2. The average Bonchev–Trinajstić information content (AvgIpc) is 2.32. The predicted octanol–water partition coefficient (Wildman–Crippen LogP) is 3.70. The summed E-state index contributed by atoms with van der Waals surface area (Å²) >= 11 is 0. The van der Waals surface area contributed by atoms with Gasteiger partial charge in [0.2, 0.25) is 0 Å². The zero-order valence-corrected chi connectivity index (χ0v) is 10.7. The molecule has 0 aliphatic carbocycles. The second-order valence-corrected chi connectivity index (χ2v) is 3.41. The van der Waals surface area contributed by atoms with Gasteiger partial charge in [-0.25, -0.2) is 0 Å². The lowest BCUT2D eigenvalue weighted by molar-refractivity contribution is 0.803. The second-order valence-electron chi connectivity index (χ2n) is 3.41. The third kappa shape index (κ3) is 4.87. The average molecular weight is 220 g/mol. The molecule has 0 radical (unpaired) electrons. The largest absolute Gasteiger partial charge is 0.397 e. The van der Waals surface area contributed by atoms with E-state index in [2.05, 4.69) is 18.5 Å². The first-order valence-electron chi connectivity index (χ1n) is 5.92. The maximum atomic E-state index is 5.86. The zero-order valence-electron chi connectivity index (χ0n) is 10.7. The van der Waals surface area contributed by atoms with Crippen molar-refractivity contribution in [3.8, 4) is 0 Å². The number of benzene rings is 1. The van der Waals surface area contributed by atoms with E-state index >= 15 is 0 Å². The number of nitrogens with zero attached hydrogens (tertiary/aromatic N) is 1. The van der Waals surface area contributed by atoms with Gasteiger partial charge in [0, 0.05) is 13.6 Å². The molecule has 0 heterocycles. The van der Waals surface area contributed by atoms with Gasteiger partial charge in [-0.15, -0.1) is 6.58 Å². The van der Waals surface area contributed by atoms with Crippen molar-refractivity contribution in [2.45, 2.75) is 26.7 Å². The Morgan fingerprint density at radius 2 is 1.94 bits per heavy atom. The number of unbranched alkanes of at least 4 members (excludes halogenated alkanes) is 1. The van der Waals surface area contributed by atoms with Crippen LogP contribution < -0.4 is 10.6 Å². The molecule has 0 aliphatic heterocycles. The van der Waals surface area contributed by atoms with Crippen LogP contribution in [-0.4, -0.2) is 13.6 Å². The number of allylic oxidation sites excluding steroid dienone is 1. The molecule has 0 spiro atoms. The molecule has 0 aromatic heterocycles. The van der Waals surface area contributed by atoms with Crippen molar-refractivity contribution in [3.63, 3.8) is 0 Å². The fraction of sp³-hybridized carbons (Fsp3) is 0.429. The van der Waals surface area contributed by atoms with Crippen molar-refractivity contribution < 1.29 is 0 Å². The molecule has 1 rings (SSSR count). The van der Waals surface area contributed by atoms with Crippen LogP contribution in [-0.2, 0) is 0 Å². The van der Waals surface area contributed by atoms with Crippen molar-refractivity contribution in [2.24, 2.45) is 0 Å². The summed E-state index contributed by atoms with van der Waals surface area (Å²) in [7, 11) is 2.06. The second kappa shape index (κ2) is 8.84. The molecule has 16 heavy (non-hydrogen) atoms. The van der Waals surface area contributed by atoms with Gasteiger partial charge in [-0.3, -0.25) is 0 Å². The lowest BCUT2D eigenvalue weighted by atomic mass is 10.2. The molecule has 0 unspecified atom stereocenters. The fourth-order valence-corrected chi connectivity index (χ4v) is 1.43. The fourth-order valence-electron chi connectivity index (χ4n) is 1.43. The maximum absolute atomic E-state index is 5.86. The summed E-state index contributed by atoms with van der Waals surface area (Å²) in [5.41, 5.74) is 7.81. The predicted molar refractivity (Wildman–Crippen MR) is 74.9 cm³/mol. The van der Waals surface area contributed by atoms with Crippen LogP contribution in [0, 0.1) is 0 Å². The Morgan fingerprint density at radius 3 is 2.50 bits per heavy atom. The highest BCUT2D eigenvalue weighted by Crippen LogP contribution is 2.21. The highest BCUT2D eigenvalue weighted by atomic mass is 15.1. The summed E-state index contributed by atoms with van der Waals surface area (Å²) in [6, 6.07) is 7.94. The minimum atomic E-state index is 0.841. The molecular weight excluding hydrogens is 196 g/mol. The molecule has 2 heteroatoms. The van der Waals surface area contributed by atoms with E-state index in [9.17, 15) is 0 Å². The Labute approximate surface area is 99.8 Å². The van der Waals surface area contributed by atoms with Crippen LogP contribution in [0.15, 0.2) is 36.9 Å². The van der Waals surface area contributed by atoms with E-state index in [-0.39, 0.29) is 0 Å². The van der Waals surface area contributed by atoms with Crippen molar-refractivity contribution in [2.75, 3.05) is 24.2 Å². The van der Waals surface area contributed by atoms with E-state index in [1.54, 1.807) is 0 Å². The maximum Gasteiger partial charge on any atom is 0.0597 e. The molecule has 0 fully saturated rings. The molecule has 1 aromatic carbocycles. The van der Waals surface area contributed by atoms with Crippen LogP contribution in [0.5, 0.6) is 0 Å². The number of para-hydroxylation sites is 2. The van der Waals surface area contributed by atoms with Crippen molar-refractivity contribution in [1.29, 1.82) is 0 Å². The van der Waals surface area contributed by atoms with Gasteiger partial charge in [0.25, 0.3) is 0 Å². The smallest absolute Gasteiger partial charge is 0.0597 e. The first-order valence-corrected chi connectivity index (χ1v) is 5.92. The van der Waals surface area contributed by atoms with Gasteiger partial charge in [-0.2, -0.15) is 0 Å². The van der Waals surface area contributed by atoms with Crippen LogP contribution in [0.1, 0.15) is 26.7 Å². The molecule has 90 valence electrons. The Hall–Kier alpha value is -1.44. The molecule has 0 bridgehead atoms. The van der Waals surface area contributed by atoms with E-state index in [1.165, 1.54) is 0 Å². The molecule has 0 saturated carbocycles. The Balaban J connectivity index is 0.00000106. The summed E-state index contributed by atoms with van der Waals surface area (Å²) in [6.45, 7) is 8.72. The molecule has 0 atom stereocenters. The molecule has 0 amide bonds. The minimum absolute atomic E-state index is 0.841. The Morgan fingerprint density at radius 1 is 1.31 bits per heavy atom. The van der Waals surface area contributed by atoms with Crippen LogP contribution in [0.4, 0.5) is 11.4 Å². The number of nitrogens with two attached hydrogens (primary N) is 1. The molecular formula is C14H24N2.